The molecule has 3 heteroatoms. The predicted octanol–water partition coefficient (Wildman–Crippen LogP) is 13.4. The van der Waals surface area contributed by atoms with Gasteiger partial charge in [-0.3, -0.25) is 0 Å². The largest absolute Gasteiger partial charge is 0.247 e. The van der Waals surface area contributed by atoms with Gasteiger partial charge in [0.2, 0.25) is 0 Å². The molecule has 0 unspecified atom stereocenters. The summed E-state index contributed by atoms with van der Waals surface area (Å²) in [5, 5.41) is 4.57. The topological polar surface area (TPSA) is 25.8 Å². The summed E-state index contributed by atoms with van der Waals surface area (Å²) in [6.07, 6.45) is 0. The third-order valence-electron chi connectivity index (χ3n) is 11.2. The van der Waals surface area contributed by atoms with Gasteiger partial charge in [-0.05, 0) is 86.3 Å². The molecule has 0 radical (unpaired) electrons. The van der Waals surface area contributed by atoms with Crippen LogP contribution in [0.5, 0.6) is 0 Å². The van der Waals surface area contributed by atoms with Crippen molar-refractivity contribution in [1.82, 2.24) is 9.97 Å². The monoisotopic (exact) mass is 704 g/mol. The minimum absolute atomic E-state index is 0.468. The number of hydrogen-bond acceptors (Lipinski definition) is 3. The molecule has 54 heavy (non-hydrogen) atoms. The number of fused-ring (bicyclic) bond motifs is 7. The zero-order valence-corrected chi connectivity index (χ0v) is 30.1. The van der Waals surface area contributed by atoms with Crippen LogP contribution in [-0.2, 0) is 5.41 Å². The molecule has 2 aromatic heterocycles. The molecule has 0 spiro atoms. The van der Waals surface area contributed by atoms with E-state index in [-0.39, 0.29) is 0 Å². The molecule has 0 atom stereocenters. The van der Waals surface area contributed by atoms with Gasteiger partial charge in [0.1, 0.15) is 5.01 Å². The van der Waals surface area contributed by atoms with Crippen LogP contribution in [0.15, 0.2) is 194 Å². The highest BCUT2D eigenvalue weighted by Gasteiger charge is 2.46. The van der Waals surface area contributed by atoms with E-state index in [1.807, 2.05) is 6.07 Å². The summed E-state index contributed by atoms with van der Waals surface area (Å²) in [7, 11) is 0. The molecule has 1 aliphatic carbocycles. The van der Waals surface area contributed by atoms with E-state index < -0.39 is 5.41 Å². The Morgan fingerprint density at radius 3 is 1.80 bits per heavy atom. The third kappa shape index (κ3) is 4.65. The van der Waals surface area contributed by atoms with E-state index >= 15 is 0 Å². The van der Waals surface area contributed by atoms with Crippen molar-refractivity contribution in [3.05, 3.63) is 216 Å². The number of nitrogens with zero attached hydrogens (tertiary/aromatic N) is 2. The number of pyridine rings is 1. The fourth-order valence-electron chi connectivity index (χ4n) is 8.75. The van der Waals surface area contributed by atoms with Gasteiger partial charge < -0.3 is 0 Å². The minimum atomic E-state index is -0.468. The summed E-state index contributed by atoms with van der Waals surface area (Å²) in [5.74, 6) is 0. The Kier molecular flexibility index (Phi) is 6.98. The molecular formula is C51H32N2S. The molecule has 2 nitrogen and oxygen atoms in total. The number of rotatable bonds is 5. The first-order chi connectivity index (χ1) is 26.8. The van der Waals surface area contributed by atoms with E-state index in [2.05, 4.69) is 188 Å². The maximum Gasteiger partial charge on any atom is 0.124 e. The van der Waals surface area contributed by atoms with Crippen LogP contribution in [0.2, 0.25) is 0 Å². The number of para-hydroxylation sites is 2. The van der Waals surface area contributed by atoms with Crippen molar-refractivity contribution in [1.29, 1.82) is 0 Å². The van der Waals surface area contributed by atoms with Crippen molar-refractivity contribution < 1.29 is 0 Å². The lowest BCUT2D eigenvalue weighted by Gasteiger charge is -2.34. The first kappa shape index (κ1) is 30.9. The van der Waals surface area contributed by atoms with Crippen LogP contribution < -0.4 is 0 Å². The van der Waals surface area contributed by atoms with E-state index in [0.29, 0.717) is 0 Å². The van der Waals surface area contributed by atoms with Crippen LogP contribution in [0.3, 0.4) is 0 Å². The molecule has 11 rings (SSSR count). The summed E-state index contributed by atoms with van der Waals surface area (Å²) >= 11 is 1.74. The van der Waals surface area contributed by atoms with Gasteiger partial charge in [-0.25, -0.2) is 9.97 Å². The molecule has 2 heterocycles. The van der Waals surface area contributed by atoms with Gasteiger partial charge in [0.05, 0.1) is 26.8 Å². The Bertz CT molecular complexity index is 2960. The highest BCUT2D eigenvalue weighted by Crippen LogP contribution is 2.57. The fraction of sp³-hybridized carbons (Fsp3) is 0.0196. The second-order valence-corrected chi connectivity index (χ2v) is 15.1. The molecule has 1 aliphatic rings. The van der Waals surface area contributed by atoms with Gasteiger partial charge >= 0.3 is 0 Å². The molecule has 0 saturated heterocycles. The lowest BCUT2D eigenvalue weighted by Crippen LogP contribution is -2.28. The zero-order valence-electron chi connectivity index (χ0n) is 29.3. The van der Waals surface area contributed by atoms with Crippen LogP contribution >= 0.6 is 11.3 Å². The highest BCUT2D eigenvalue weighted by molar-refractivity contribution is 7.21. The van der Waals surface area contributed by atoms with Crippen molar-refractivity contribution in [3.8, 4) is 44.1 Å². The summed E-state index contributed by atoms with van der Waals surface area (Å²) < 4.78 is 1.21. The summed E-state index contributed by atoms with van der Waals surface area (Å²) in [6.45, 7) is 0. The van der Waals surface area contributed by atoms with Crippen LogP contribution in [0.1, 0.15) is 22.3 Å². The third-order valence-corrected chi connectivity index (χ3v) is 12.3. The van der Waals surface area contributed by atoms with Gasteiger partial charge in [-0.1, -0.05) is 158 Å². The molecule has 0 bridgehead atoms. The molecule has 0 amide bonds. The first-order valence-electron chi connectivity index (χ1n) is 18.4. The molecule has 0 fully saturated rings. The smallest absolute Gasteiger partial charge is 0.124 e. The van der Waals surface area contributed by atoms with Crippen LogP contribution in [0.25, 0.3) is 76.0 Å². The number of benzene rings is 8. The Morgan fingerprint density at radius 2 is 1.02 bits per heavy atom. The molecular weight excluding hydrogens is 673 g/mol. The normalized spacial score (nSPS) is 13.0. The van der Waals surface area contributed by atoms with Crippen molar-refractivity contribution in [2.24, 2.45) is 0 Å². The maximum atomic E-state index is 5.41. The van der Waals surface area contributed by atoms with E-state index in [1.165, 1.54) is 43.5 Å². The molecule has 0 saturated carbocycles. The molecule has 0 N–H and O–H groups in total. The number of thiazole rings is 1. The van der Waals surface area contributed by atoms with Gasteiger partial charge in [-0.2, -0.15) is 0 Å². The maximum absolute atomic E-state index is 5.41. The summed E-state index contributed by atoms with van der Waals surface area (Å²) in [6, 6.07) is 70.5. The van der Waals surface area contributed by atoms with E-state index in [9.17, 15) is 0 Å². The zero-order chi connectivity index (χ0) is 35.6. The Hall–Kier alpha value is -6.68. The van der Waals surface area contributed by atoms with Crippen molar-refractivity contribution in [2.45, 2.75) is 5.41 Å². The van der Waals surface area contributed by atoms with Crippen LogP contribution in [0.4, 0.5) is 0 Å². The average molecular weight is 705 g/mol. The van der Waals surface area contributed by atoms with E-state index in [4.69, 9.17) is 9.97 Å². The van der Waals surface area contributed by atoms with Crippen molar-refractivity contribution >= 4 is 43.2 Å². The van der Waals surface area contributed by atoms with Gasteiger partial charge in [-0.15, -0.1) is 11.3 Å². The quantitative estimate of drug-likeness (QED) is 0.167. The SMILES string of the molecule is c1ccc(C2(c3ccccc3)c3ccccc3-c3cc4c(-c5cccc(-c6ccc(-c7nc8ccccc8s7)cc6)c5)nc5ccccc5c4cc32)cc1. The predicted molar refractivity (Wildman–Crippen MR) is 226 cm³/mol. The number of aromatic nitrogens is 2. The Balaban J connectivity index is 1.11. The standard InChI is InChI=1S/C51H32N2S/c1-3-16-37(17-4-1)51(38-18-5-2-6-19-38)44-22-9-7-20-39(44)42-31-43-41(32-45(42)51)40-21-8-10-23-46(40)52-49(43)36-15-13-14-35(30-36)33-26-28-34(29-27-33)50-53-47-24-11-12-25-48(47)54-50/h1-32H. The van der Waals surface area contributed by atoms with E-state index in [1.54, 1.807) is 11.3 Å². The molecule has 252 valence electrons. The lowest BCUT2D eigenvalue weighted by atomic mass is 9.67. The average Bonchev–Trinajstić information content (AvgIpc) is 3.81. The molecule has 0 aliphatic heterocycles. The van der Waals surface area contributed by atoms with Gasteiger partial charge in [0, 0.05) is 21.9 Å². The van der Waals surface area contributed by atoms with Gasteiger partial charge in [0.15, 0.2) is 0 Å². The highest BCUT2D eigenvalue weighted by atomic mass is 32.1. The molecule has 8 aromatic carbocycles. The van der Waals surface area contributed by atoms with Crippen LogP contribution in [0, 0.1) is 0 Å². The van der Waals surface area contributed by atoms with Crippen molar-refractivity contribution in [3.63, 3.8) is 0 Å². The Labute approximate surface area is 317 Å². The summed E-state index contributed by atoms with van der Waals surface area (Å²) in [4.78, 5) is 10.3. The van der Waals surface area contributed by atoms with Gasteiger partial charge in [0.25, 0.3) is 0 Å². The molecule has 10 aromatic rings. The lowest BCUT2D eigenvalue weighted by molar-refractivity contribution is 0.769. The second kappa shape index (κ2) is 12.2. The first-order valence-corrected chi connectivity index (χ1v) is 19.2. The van der Waals surface area contributed by atoms with Crippen LogP contribution in [-0.4, -0.2) is 9.97 Å². The second-order valence-electron chi connectivity index (χ2n) is 14.1. The number of hydrogen-bond donors (Lipinski definition) is 0. The Morgan fingerprint density at radius 1 is 0.370 bits per heavy atom. The summed E-state index contributed by atoms with van der Waals surface area (Å²) in [5.41, 5.74) is 14.8. The van der Waals surface area contributed by atoms with Crippen molar-refractivity contribution in [2.75, 3.05) is 0 Å². The van der Waals surface area contributed by atoms with E-state index in [0.717, 1.165) is 54.8 Å². The minimum Gasteiger partial charge on any atom is -0.247 e. The fourth-order valence-corrected chi connectivity index (χ4v) is 9.72.